The van der Waals surface area contributed by atoms with Crippen LogP contribution in [0.4, 0.5) is 0 Å². The average Bonchev–Trinajstić information content (AvgIpc) is 2.30. The predicted molar refractivity (Wildman–Crippen MR) is 43.1 cm³/mol. The number of Topliss-reactive ketones (excluding diaryl/α,β-unsaturated/α-hetero) is 1. The topological polar surface area (TPSA) is 37.3 Å². The number of allylic oxidation sites excluding steroid dienone is 1. The molecule has 0 aromatic heterocycles. The third-order valence-corrected chi connectivity index (χ3v) is 2.43. The van der Waals surface area contributed by atoms with Crippen LogP contribution in [0.25, 0.3) is 0 Å². The zero-order valence-electron chi connectivity index (χ0n) is 6.84. The zero-order chi connectivity index (χ0) is 8.43. The first kappa shape index (κ1) is 8.47. The van der Waals surface area contributed by atoms with Crippen molar-refractivity contribution in [1.29, 1.82) is 0 Å². The van der Waals surface area contributed by atoms with E-state index in [0.29, 0.717) is 6.42 Å². The lowest BCUT2D eigenvalue weighted by Crippen LogP contribution is -2.19. The highest BCUT2D eigenvalue weighted by Crippen LogP contribution is 2.32. The summed E-state index contributed by atoms with van der Waals surface area (Å²) in [6, 6.07) is 0. The van der Waals surface area contributed by atoms with Gasteiger partial charge in [-0.1, -0.05) is 12.2 Å². The molecule has 2 heteroatoms. The summed E-state index contributed by atoms with van der Waals surface area (Å²) in [6.07, 6.45) is 1.49. The van der Waals surface area contributed by atoms with E-state index in [4.69, 9.17) is 5.11 Å². The van der Waals surface area contributed by atoms with Crippen LogP contribution in [0.15, 0.2) is 12.2 Å². The molecule has 0 bridgehead atoms. The van der Waals surface area contributed by atoms with Gasteiger partial charge in [0.25, 0.3) is 0 Å². The molecule has 0 saturated heterocycles. The molecule has 62 valence electrons. The molecule has 0 aromatic rings. The molecule has 1 saturated carbocycles. The highest BCUT2D eigenvalue weighted by molar-refractivity contribution is 5.84. The number of hydrogen-bond donors (Lipinski definition) is 1. The molecule has 2 nitrogen and oxygen atoms in total. The molecule has 11 heavy (non-hydrogen) atoms. The molecular formula is C9H14O2. The van der Waals surface area contributed by atoms with Gasteiger partial charge in [0.2, 0.25) is 0 Å². The molecule has 1 N–H and O–H groups in total. The van der Waals surface area contributed by atoms with Crippen molar-refractivity contribution in [3.8, 4) is 0 Å². The van der Waals surface area contributed by atoms with Crippen LogP contribution in [-0.2, 0) is 4.79 Å². The van der Waals surface area contributed by atoms with Gasteiger partial charge in [-0.2, -0.15) is 0 Å². The molecule has 0 amide bonds. The van der Waals surface area contributed by atoms with Crippen LogP contribution in [0.1, 0.15) is 19.8 Å². The number of aliphatic hydroxyl groups excluding tert-OH is 1. The standard InChI is InChI=1S/C9H14O2/c1-6(2)7-3-4-9(11)8(7)5-10/h7-8,10H,1,3-5H2,2H3/t7-,8-/m0/s1. The first-order valence-corrected chi connectivity index (χ1v) is 3.95. The summed E-state index contributed by atoms with van der Waals surface area (Å²) >= 11 is 0. The van der Waals surface area contributed by atoms with Crippen LogP contribution in [0, 0.1) is 11.8 Å². The second kappa shape index (κ2) is 3.18. The van der Waals surface area contributed by atoms with Crippen molar-refractivity contribution in [2.45, 2.75) is 19.8 Å². The van der Waals surface area contributed by atoms with Gasteiger partial charge in [-0.15, -0.1) is 0 Å². The van der Waals surface area contributed by atoms with Gasteiger partial charge >= 0.3 is 0 Å². The summed E-state index contributed by atoms with van der Waals surface area (Å²) in [4.78, 5) is 11.1. The predicted octanol–water partition coefficient (Wildman–Crippen LogP) is 1.15. The van der Waals surface area contributed by atoms with Crippen LogP contribution in [0.3, 0.4) is 0 Å². The third kappa shape index (κ3) is 1.51. The van der Waals surface area contributed by atoms with Crippen LogP contribution in [0.5, 0.6) is 0 Å². The van der Waals surface area contributed by atoms with Gasteiger partial charge in [0.15, 0.2) is 0 Å². The summed E-state index contributed by atoms with van der Waals surface area (Å²) in [5.41, 5.74) is 1.02. The number of ketones is 1. The number of carbonyl (C=O) groups excluding carboxylic acids is 1. The molecule has 1 aliphatic rings. The lowest BCUT2D eigenvalue weighted by Gasteiger charge is -2.15. The number of hydrogen-bond acceptors (Lipinski definition) is 2. The highest BCUT2D eigenvalue weighted by atomic mass is 16.3. The van der Waals surface area contributed by atoms with E-state index in [1.807, 2.05) is 6.92 Å². The lowest BCUT2D eigenvalue weighted by atomic mass is 9.91. The zero-order valence-corrected chi connectivity index (χ0v) is 6.84. The fourth-order valence-corrected chi connectivity index (χ4v) is 1.73. The van der Waals surface area contributed by atoms with Gasteiger partial charge in [0.1, 0.15) is 5.78 Å². The Morgan fingerprint density at radius 2 is 2.45 bits per heavy atom. The Morgan fingerprint density at radius 1 is 1.82 bits per heavy atom. The van der Waals surface area contributed by atoms with Crippen LogP contribution in [0.2, 0.25) is 0 Å². The molecule has 0 aromatic carbocycles. The van der Waals surface area contributed by atoms with Crippen molar-refractivity contribution in [3.05, 3.63) is 12.2 Å². The number of aliphatic hydroxyl groups is 1. The van der Waals surface area contributed by atoms with Crippen molar-refractivity contribution < 1.29 is 9.90 Å². The van der Waals surface area contributed by atoms with Gasteiger partial charge in [0, 0.05) is 12.3 Å². The van der Waals surface area contributed by atoms with Gasteiger partial charge in [-0.25, -0.2) is 0 Å². The molecule has 0 aliphatic heterocycles. The Labute approximate surface area is 66.9 Å². The van der Waals surface area contributed by atoms with Crippen molar-refractivity contribution in [2.75, 3.05) is 6.61 Å². The summed E-state index contributed by atoms with van der Waals surface area (Å²) in [5.74, 6) is 0.264. The summed E-state index contributed by atoms with van der Waals surface area (Å²) < 4.78 is 0. The Hall–Kier alpha value is -0.630. The molecule has 0 spiro atoms. The fourth-order valence-electron chi connectivity index (χ4n) is 1.73. The van der Waals surface area contributed by atoms with Crippen molar-refractivity contribution >= 4 is 5.78 Å². The maximum atomic E-state index is 11.1. The van der Waals surface area contributed by atoms with Crippen LogP contribution in [-0.4, -0.2) is 17.5 Å². The van der Waals surface area contributed by atoms with E-state index in [2.05, 4.69) is 6.58 Å². The molecule has 0 radical (unpaired) electrons. The number of rotatable bonds is 2. The van der Waals surface area contributed by atoms with Gasteiger partial charge in [0.05, 0.1) is 6.61 Å². The Bertz CT molecular complexity index is 184. The second-order valence-corrected chi connectivity index (χ2v) is 3.25. The van der Waals surface area contributed by atoms with Crippen molar-refractivity contribution in [2.24, 2.45) is 11.8 Å². The second-order valence-electron chi connectivity index (χ2n) is 3.25. The third-order valence-electron chi connectivity index (χ3n) is 2.43. The largest absolute Gasteiger partial charge is 0.396 e. The van der Waals surface area contributed by atoms with Crippen molar-refractivity contribution in [1.82, 2.24) is 0 Å². The number of carbonyl (C=O) groups is 1. The van der Waals surface area contributed by atoms with E-state index < -0.39 is 0 Å². The van der Waals surface area contributed by atoms with E-state index in [-0.39, 0.29) is 24.2 Å². The molecule has 1 aliphatic carbocycles. The van der Waals surface area contributed by atoms with Crippen LogP contribution < -0.4 is 0 Å². The molecule has 1 rings (SSSR count). The Kier molecular flexibility index (Phi) is 2.45. The molecule has 0 unspecified atom stereocenters. The first-order valence-electron chi connectivity index (χ1n) is 3.95. The summed E-state index contributed by atoms with van der Waals surface area (Å²) in [5, 5.41) is 8.89. The minimum atomic E-state index is -0.160. The van der Waals surface area contributed by atoms with E-state index in [1.165, 1.54) is 0 Å². The summed E-state index contributed by atoms with van der Waals surface area (Å²) in [7, 11) is 0. The maximum absolute atomic E-state index is 11.1. The van der Waals surface area contributed by atoms with E-state index in [1.54, 1.807) is 0 Å². The van der Waals surface area contributed by atoms with Gasteiger partial charge < -0.3 is 5.11 Å². The van der Waals surface area contributed by atoms with E-state index in [0.717, 1.165) is 12.0 Å². The maximum Gasteiger partial charge on any atom is 0.138 e. The minimum Gasteiger partial charge on any atom is -0.396 e. The Balaban J connectivity index is 2.68. The quantitative estimate of drug-likeness (QED) is 0.606. The lowest BCUT2D eigenvalue weighted by molar-refractivity contribution is -0.122. The average molecular weight is 154 g/mol. The van der Waals surface area contributed by atoms with Crippen molar-refractivity contribution in [3.63, 3.8) is 0 Å². The SMILES string of the molecule is C=C(C)[C@@H]1CCC(=O)[C@H]1CO. The first-order chi connectivity index (χ1) is 5.16. The Morgan fingerprint density at radius 3 is 2.82 bits per heavy atom. The monoisotopic (exact) mass is 154 g/mol. The van der Waals surface area contributed by atoms with E-state index >= 15 is 0 Å². The molecule has 1 fully saturated rings. The smallest absolute Gasteiger partial charge is 0.138 e. The van der Waals surface area contributed by atoms with E-state index in [9.17, 15) is 4.79 Å². The highest BCUT2D eigenvalue weighted by Gasteiger charge is 2.33. The van der Waals surface area contributed by atoms with Crippen LogP contribution >= 0.6 is 0 Å². The normalized spacial score (nSPS) is 30.9. The molecule has 2 atom stereocenters. The summed E-state index contributed by atoms with van der Waals surface area (Å²) in [6.45, 7) is 5.71. The molecular weight excluding hydrogens is 140 g/mol. The van der Waals surface area contributed by atoms with Gasteiger partial charge in [-0.3, -0.25) is 4.79 Å². The van der Waals surface area contributed by atoms with Gasteiger partial charge in [-0.05, 0) is 19.3 Å². The molecule has 0 heterocycles. The minimum absolute atomic E-state index is 0.0175. The fraction of sp³-hybridized carbons (Fsp3) is 0.667.